The van der Waals surface area contributed by atoms with Gasteiger partial charge in [-0.05, 0) is 35.7 Å². The highest BCUT2D eigenvalue weighted by Crippen LogP contribution is 2.33. The summed E-state index contributed by atoms with van der Waals surface area (Å²) in [5.41, 5.74) is 0.762. The molecule has 2 aromatic rings. The van der Waals surface area contributed by atoms with Gasteiger partial charge in [0.2, 0.25) is 5.91 Å². The molecule has 3 rings (SSSR count). The molecule has 0 aromatic heterocycles. The van der Waals surface area contributed by atoms with Crippen LogP contribution >= 0.6 is 0 Å². The van der Waals surface area contributed by atoms with Crippen molar-refractivity contribution in [1.29, 1.82) is 0 Å². The molecule has 2 aromatic carbocycles. The van der Waals surface area contributed by atoms with E-state index in [9.17, 15) is 18.0 Å². The summed E-state index contributed by atoms with van der Waals surface area (Å²) in [6, 6.07) is 12.3. The molecular weight excluding hydrogens is 331 g/mol. The van der Waals surface area contributed by atoms with Gasteiger partial charge in [-0.1, -0.05) is 31.2 Å². The number of halogens is 3. The van der Waals surface area contributed by atoms with E-state index in [1.807, 2.05) is 31.2 Å². The molecule has 0 saturated carbocycles. The summed E-state index contributed by atoms with van der Waals surface area (Å²) in [6.45, 7) is 2.74. The van der Waals surface area contributed by atoms with Gasteiger partial charge in [0.1, 0.15) is 12.4 Å². The maximum absolute atomic E-state index is 12.7. The molecule has 1 heterocycles. The highest BCUT2D eigenvalue weighted by molar-refractivity contribution is 5.95. The predicted molar refractivity (Wildman–Crippen MR) is 88.8 cm³/mol. The highest BCUT2D eigenvalue weighted by atomic mass is 19.4. The van der Waals surface area contributed by atoms with Crippen LogP contribution in [0, 0.1) is 0 Å². The topological polar surface area (TPSA) is 29.5 Å². The smallest absolute Gasteiger partial charge is 0.416 e. The van der Waals surface area contributed by atoms with Crippen LogP contribution in [-0.2, 0) is 11.0 Å². The van der Waals surface area contributed by atoms with E-state index in [4.69, 9.17) is 4.74 Å². The van der Waals surface area contributed by atoms with E-state index in [2.05, 4.69) is 0 Å². The van der Waals surface area contributed by atoms with Crippen molar-refractivity contribution in [3.63, 3.8) is 0 Å². The summed E-state index contributed by atoms with van der Waals surface area (Å²) in [5, 5.41) is 0. The van der Waals surface area contributed by atoms with Crippen molar-refractivity contribution < 1.29 is 22.7 Å². The Labute approximate surface area is 144 Å². The van der Waals surface area contributed by atoms with Crippen LogP contribution in [0.15, 0.2) is 48.5 Å². The van der Waals surface area contributed by atoms with Crippen LogP contribution in [0.3, 0.4) is 0 Å². The zero-order valence-corrected chi connectivity index (χ0v) is 13.7. The minimum atomic E-state index is -4.35. The zero-order chi connectivity index (χ0) is 18.0. The van der Waals surface area contributed by atoms with Crippen LogP contribution in [0.25, 0.3) is 0 Å². The van der Waals surface area contributed by atoms with Gasteiger partial charge in [-0.2, -0.15) is 13.2 Å². The Morgan fingerprint density at radius 1 is 1.16 bits per heavy atom. The third-order valence-electron chi connectivity index (χ3n) is 4.32. The maximum atomic E-state index is 12.7. The average Bonchev–Trinajstić information content (AvgIpc) is 2.60. The first-order chi connectivity index (χ1) is 11.9. The van der Waals surface area contributed by atoms with Gasteiger partial charge in [-0.3, -0.25) is 4.79 Å². The summed E-state index contributed by atoms with van der Waals surface area (Å²) in [4.78, 5) is 14.3. The molecule has 0 bridgehead atoms. The quantitative estimate of drug-likeness (QED) is 0.809. The van der Waals surface area contributed by atoms with E-state index in [-0.39, 0.29) is 18.2 Å². The molecule has 1 aliphatic rings. The fourth-order valence-corrected chi connectivity index (χ4v) is 2.92. The molecule has 1 atom stereocenters. The molecule has 0 spiro atoms. The number of anilines is 1. The number of alkyl halides is 3. The van der Waals surface area contributed by atoms with Gasteiger partial charge in [0.15, 0.2) is 0 Å². The van der Waals surface area contributed by atoms with E-state index in [0.717, 1.165) is 17.8 Å². The molecule has 6 heteroatoms. The van der Waals surface area contributed by atoms with Crippen LogP contribution < -0.4 is 9.64 Å². The van der Waals surface area contributed by atoms with Gasteiger partial charge in [-0.15, -0.1) is 0 Å². The lowest BCUT2D eigenvalue weighted by molar-refractivity contribution is -0.137. The average molecular weight is 349 g/mol. The Kier molecular flexibility index (Phi) is 4.70. The summed E-state index contributed by atoms with van der Waals surface area (Å²) >= 11 is 0. The van der Waals surface area contributed by atoms with Gasteiger partial charge in [0.25, 0.3) is 0 Å². The number of para-hydroxylation sites is 2. The molecular formula is C19H18F3NO2. The van der Waals surface area contributed by atoms with E-state index in [1.54, 1.807) is 4.90 Å². The second-order valence-corrected chi connectivity index (χ2v) is 6.09. The monoisotopic (exact) mass is 349 g/mol. The van der Waals surface area contributed by atoms with E-state index in [0.29, 0.717) is 24.5 Å². The van der Waals surface area contributed by atoms with E-state index >= 15 is 0 Å². The molecule has 0 N–H and O–H groups in total. The highest BCUT2D eigenvalue weighted by Gasteiger charge is 2.30. The molecule has 1 amide bonds. The Morgan fingerprint density at radius 2 is 1.84 bits per heavy atom. The summed E-state index contributed by atoms with van der Waals surface area (Å²) in [5.74, 6) is 0.428. The standard InChI is InChI=1S/C19H18F3NO2/c1-13(14-6-8-15(9-7-14)19(20,21)22)12-18(24)23-10-11-25-17-5-3-2-4-16(17)23/h2-9,13H,10-12H2,1H3. The number of hydrogen-bond acceptors (Lipinski definition) is 2. The first kappa shape index (κ1) is 17.3. The number of ether oxygens (including phenoxy) is 1. The lowest BCUT2D eigenvalue weighted by Gasteiger charge is -2.30. The van der Waals surface area contributed by atoms with Crippen molar-refractivity contribution >= 4 is 11.6 Å². The van der Waals surface area contributed by atoms with E-state index in [1.165, 1.54) is 12.1 Å². The van der Waals surface area contributed by atoms with Crippen LogP contribution in [-0.4, -0.2) is 19.1 Å². The number of fused-ring (bicyclic) bond motifs is 1. The fraction of sp³-hybridized carbons (Fsp3) is 0.316. The first-order valence-corrected chi connectivity index (χ1v) is 8.05. The Balaban J connectivity index is 1.71. The lowest BCUT2D eigenvalue weighted by Crippen LogP contribution is -2.38. The van der Waals surface area contributed by atoms with Crippen molar-refractivity contribution in [2.75, 3.05) is 18.1 Å². The minimum Gasteiger partial charge on any atom is -0.490 e. The Morgan fingerprint density at radius 3 is 2.52 bits per heavy atom. The van der Waals surface area contributed by atoms with Crippen molar-refractivity contribution in [2.24, 2.45) is 0 Å². The van der Waals surface area contributed by atoms with Crippen LogP contribution in [0.1, 0.15) is 30.4 Å². The van der Waals surface area contributed by atoms with Gasteiger partial charge in [-0.25, -0.2) is 0 Å². The van der Waals surface area contributed by atoms with Gasteiger partial charge in [0.05, 0.1) is 17.8 Å². The number of carbonyl (C=O) groups excluding carboxylic acids is 1. The molecule has 0 aliphatic carbocycles. The Bertz CT molecular complexity index is 756. The first-order valence-electron chi connectivity index (χ1n) is 8.05. The van der Waals surface area contributed by atoms with E-state index < -0.39 is 11.7 Å². The number of benzene rings is 2. The second kappa shape index (κ2) is 6.78. The molecule has 0 saturated heterocycles. The molecule has 132 valence electrons. The number of hydrogen-bond donors (Lipinski definition) is 0. The van der Waals surface area contributed by atoms with Crippen LogP contribution in [0.5, 0.6) is 5.75 Å². The molecule has 3 nitrogen and oxygen atoms in total. The lowest BCUT2D eigenvalue weighted by atomic mass is 9.96. The third kappa shape index (κ3) is 3.78. The normalized spacial score (nSPS) is 15.3. The molecule has 1 aliphatic heterocycles. The van der Waals surface area contributed by atoms with Gasteiger partial charge < -0.3 is 9.64 Å². The molecule has 0 fully saturated rings. The maximum Gasteiger partial charge on any atom is 0.416 e. The minimum absolute atomic E-state index is 0.0665. The van der Waals surface area contributed by atoms with Gasteiger partial charge >= 0.3 is 6.18 Å². The SMILES string of the molecule is CC(CC(=O)N1CCOc2ccccc21)c1ccc(C(F)(F)F)cc1. The van der Waals surface area contributed by atoms with Gasteiger partial charge in [0, 0.05) is 6.42 Å². The van der Waals surface area contributed by atoms with Crippen molar-refractivity contribution in [3.8, 4) is 5.75 Å². The Hall–Kier alpha value is -2.50. The number of carbonyl (C=O) groups is 1. The number of amides is 1. The molecule has 25 heavy (non-hydrogen) atoms. The number of nitrogens with zero attached hydrogens (tertiary/aromatic N) is 1. The van der Waals surface area contributed by atoms with Crippen molar-refractivity contribution in [1.82, 2.24) is 0 Å². The largest absolute Gasteiger partial charge is 0.490 e. The molecule has 1 unspecified atom stereocenters. The molecule has 0 radical (unpaired) electrons. The van der Waals surface area contributed by atoms with Crippen molar-refractivity contribution in [2.45, 2.75) is 25.4 Å². The van der Waals surface area contributed by atoms with Crippen LogP contribution in [0.2, 0.25) is 0 Å². The fourth-order valence-electron chi connectivity index (χ4n) is 2.92. The number of rotatable bonds is 3. The summed E-state index contributed by atoms with van der Waals surface area (Å²) in [6.07, 6.45) is -4.13. The summed E-state index contributed by atoms with van der Waals surface area (Å²) in [7, 11) is 0. The second-order valence-electron chi connectivity index (χ2n) is 6.09. The van der Waals surface area contributed by atoms with Crippen LogP contribution in [0.4, 0.5) is 18.9 Å². The third-order valence-corrected chi connectivity index (χ3v) is 4.32. The van der Waals surface area contributed by atoms with Crippen molar-refractivity contribution in [3.05, 3.63) is 59.7 Å². The predicted octanol–water partition coefficient (Wildman–Crippen LogP) is 4.62. The summed E-state index contributed by atoms with van der Waals surface area (Å²) < 4.78 is 43.5. The zero-order valence-electron chi connectivity index (χ0n) is 13.7.